The highest BCUT2D eigenvalue weighted by Crippen LogP contribution is 2.22. The third kappa shape index (κ3) is 3.49. The van der Waals surface area contributed by atoms with Gasteiger partial charge in [-0.2, -0.15) is 10.4 Å². The molecule has 94 valence electrons. The lowest BCUT2D eigenvalue weighted by Crippen LogP contribution is -2.17. The van der Waals surface area contributed by atoms with Gasteiger partial charge in [-0.05, 0) is 19.1 Å². The summed E-state index contributed by atoms with van der Waals surface area (Å²) >= 11 is 0. The van der Waals surface area contributed by atoms with Crippen molar-refractivity contribution < 1.29 is 14.3 Å². The number of esters is 1. The molecule has 0 spiro atoms. The first-order chi connectivity index (χ1) is 8.72. The monoisotopic (exact) mass is 247 g/mol. The molecule has 0 bridgehead atoms. The molecule has 0 heterocycles. The number of nitrogens with zero attached hydrogens (tertiary/aromatic N) is 2. The molecule has 1 rings (SSSR count). The fraction of sp³-hybridized carbons (Fsp3) is 0.250. The summed E-state index contributed by atoms with van der Waals surface area (Å²) in [5.41, 5.74) is 2.80. The molecule has 6 nitrogen and oxygen atoms in total. The zero-order valence-electron chi connectivity index (χ0n) is 10.1. The number of anilines is 1. The van der Waals surface area contributed by atoms with Gasteiger partial charge in [-0.3, -0.25) is 5.43 Å². The molecule has 1 aromatic rings. The molecule has 18 heavy (non-hydrogen) atoms. The number of carbonyl (C=O) groups excluding carboxylic acids is 1. The molecular weight excluding hydrogens is 234 g/mol. The number of carbonyl (C=O) groups is 1. The number of ether oxygens (including phenoxy) is 2. The number of benzene rings is 1. The smallest absolute Gasteiger partial charge is 0.369 e. The van der Waals surface area contributed by atoms with Crippen LogP contribution in [0.15, 0.2) is 29.4 Å². The molecule has 0 amide bonds. The van der Waals surface area contributed by atoms with Crippen LogP contribution in [0.3, 0.4) is 0 Å². The normalized spacial score (nSPS) is 10.4. The van der Waals surface area contributed by atoms with Gasteiger partial charge in [-0.1, -0.05) is 12.1 Å². The zero-order valence-corrected chi connectivity index (χ0v) is 10.1. The molecule has 0 radical (unpaired) electrons. The molecule has 1 aromatic carbocycles. The van der Waals surface area contributed by atoms with Gasteiger partial charge in [0.2, 0.25) is 5.71 Å². The molecule has 0 unspecified atom stereocenters. The quantitative estimate of drug-likeness (QED) is 0.485. The van der Waals surface area contributed by atoms with Crippen molar-refractivity contribution in [1.29, 1.82) is 5.26 Å². The summed E-state index contributed by atoms with van der Waals surface area (Å²) in [6.45, 7) is 1.84. The summed E-state index contributed by atoms with van der Waals surface area (Å²) in [6.07, 6.45) is 0. The van der Waals surface area contributed by atoms with Crippen LogP contribution in [0.1, 0.15) is 6.92 Å². The molecule has 0 fully saturated rings. The van der Waals surface area contributed by atoms with Crippen molar-refractivity contribution in [2.45, 2.75) is 6.92 Å². The Morgan fingerprint density at radius 2 is 2.22 bits per heavy atom. The highest BCUT2D eigenvalue weighted by atomic mass is 16.5. The lowest BCUT2D eigenvalue weighted by molar-refractivity contribution is -0.134. The molecule has 0 aliphatic rings. The minimum absolute atomic E-state index is 0.189. The van der Waals surface area contributed by atoms with E-state index in [0.717, 1.165) is 0 Å². The largest absolute Gasteiger partial charge is 0.495 e. The minimum Gasteiger partial charge on any atom is -0.495 e. The number of rotatable bonds is 5. The Balaban J connectivity index is 2.84. The molecule has 0 saturated carbocycles. The van der Waals surface area contributed by atoms with Crippen LogP contribution in [0.25, 0.3) is 0 Å². The number of nitrogens with one attached hydrogen (secondary N) is 1. The fourth-order valence-electron chi connectivity index (χ4n) is 1.17. The minimum atomic E-state index is -0.762. The lowest BCUT2D eigenvalue weighted by Gasteiger charge is -2.06. The van der Waals surface area contributed by atoms with E-state index < -0.39 is 5.97 Å². The Labute approximate surface area is 105 Å². The van der Waals surface area contributed by atoms with E-state index in [1.165, 1.54) is 7.11 Å². The second kappa shape index (κ2) is 6.91. The third-order valence-electron chi connectivity index (χ3n) is 1.97. The number of methoxy groups -OCH3 is 1. The Bertz CT molecular complexity index is 492. The number of hydrogen-bond donors (Lipinski definition) is 1. The predicted molar refractivity (Wildman–Crippen MR) is 66.3 cm³/mol. The van der Waals surface area contributed by atoms with Crippen LogP contribution in [0.2, 0.25) is 0 Å². The SMILES string of the molecule is CCOC(=O)/C(C#N)=N\Nc1ccccc1OC. The molecule has 6 heteroatoms. The summed E-state index contributed by atoms with van der Waals surface area (Å²) in [7, 11) is 1.51. The number of hydrazone groups is 1. The summed E-state index contributed by atoms with van der Waals surface area (Å²) in [5, 5.41) is 12.5. The van der Waals surface area contributed by atoms with E-state index in [2.05, 4.69) is 15.3 Å². The van der Waals surface area contributed by atoms with E-state index in [-0.39, 0.29) is 12.3 Å². The molecule has 0 saturated heterocycles. The summed E-state index contributed by atoms with van der Waals surface area (Å²) in [5.74, 6) is -0.204. The van der Waals surface area contributed by atoms with Gasteiger partial charge in [0.25, 0.3) is 0 Å². The van der Waals surface area contributed by atoms with E-state index in [1.54, 1.807) is 37.3 Å². The van der Waals surface area contributed by atoms with Gasteiger partial charge in [0.15, 0.2) is 0 Å². The lowest BCUT2D eigenvalue weighted by atomic mass is 10.3. The average molecular weight is 247 g/mol. The van der Waals surface area contributed by atoms with Crippen molar-refractivity contribution in [1.82, 2.24) is 0 Å². The second-order valence-electron chi connectivity index (χ2n) is 3.10. The highest BCUT2D eigenvalue weighted by Gasteiger charge is 2.12. The van der Waals surface area contributed by atoms with Crippen LogP contribution in [0.5, 0.6) is 5.75 Å². The number of para-hydroxylation sites is 2. The first-order valence-corrected chi connectivity index (χ1v) is 5.26. The number of nitriles is 1. The summed E-state index contributed by atoms with van der Waals surface area (Å²) in [4.78, 5) is 11.3. The maximum atomic E-state index is 11.3. The van der Waals surface area contributed by atoms with Gasteiger partial charge in [0, 0.05) is 0 Å². The van der Waals surface area contributed by atoms with Crippen molar-refractivity contribution in [2.75, 3.05) is 19.1 Å². The van der Waals surface area contributed by atoms with Crippen LogP contribution in [0.4, 0.5) is 5.69 Å². The fourth-order valence-corrected chi connectivity index (χ4v) is 1.17. The molecule has 0 aliphatic carbocycles. The van der Waals surface area contributed by atoms with Gasteiger partial charge in [-0.15, -0.1) is 0 Å². The maximum absolute atomic E-state index is 11.3. The van der Waals surface area contributed by atoms with Crippen LogP contribution in [-0.2, 0) is 9.53 Å². The standard InChI is InChI=1S/C12H13N3O3/c1-3-18-12(16)10(8-13)15-14-9-6-4-5-7-11(9)17-2/h4-7,14H,3H2,1-2H3/b15-10-. The summed E-state index contributed by atoms with van der Waals surface area (Å²) < 4.78 is 9.76. The topological polar surface area (TPSA) is 83.7 Å². The van der Waals surface area contributed by atoms with Crippen LogP contribution >= 0.6 is 0 Å². The van der Waals surface area contributed by atoms with E-state index in [9.17, 15) is 4.79 Å². The molecule has 0 aromatic heterocycles. The van der Waals surface area contributed by atoms with Crippen molar-refractivity contribution in [3.05, 3.63) is 24.3 Å². The Hall–Kier alpha value is -2.55. The Morgan fingerprint density at radius 1 is 1.50 bits per heavy atom. The van der Waals surface area contributed by atoms with E-state index in [1.807, 2.05) is 0 Å². The van der Waals surface area contributed by atoms with Crippen molar-refractivity contribution >= 4 is 17.4 Å². The number of hydrogen-bond acceptors (Lipinski definition) is 6. The van der Waals surface area contributed by atoms with Crippen LogP contribution in [-0.4, -0.2) is 25.4 Å². The van der Waals surface area contributed by atoms with Crippen molar-refractivity contribution in [3.8, 4) is 11.8 Å². The van der Waals surface area contributed by atoms with E-state index >= 15 is 0 Å². The Kier molecular flexibility index (Phi) is 5.19. The molecule has 0 aliphatic heterocycles. The van der Waals surface area contributed by atoms with Gasteiger partial charge in [-0.25, -0.2) is 4.79 Å². The second-order valence-corrected chi connectivity index (χ2v) is 3.10. The van der Waals surface area contributed by atoms with E-state index in [0.29, 0.717) is 11.4 Å². The van der Waals surface area contributed by atoms with Crippen molar-refractivity contribution in [3.63, 3.8) is 0 Å². The highest BCUT2D eigenvalue weighted by molar-refractivity contribution is 6.43. The van der Waals surface area contributed by atoms with Gasteiger partial charge in [0.05, 0.1) is 19.4 Å². The van der Waals surface area contributed by atoms with Crippen LogP contribution in [0, 0.1) is 11.3 Å². The van der Waals surface area contributed by atoms with Gasteiger partial charge < -0.3 is 9.47 Å². The summed E-state index contributed by atoms with van der Waals surface area (Å²) in [6, 6.07) is 8.68. The average Bonchev–Trinajstić information content (AvgIpc) is 2.40. The predicted octanol–water partition coefficient (Wildman–Crippen LogP) is 1.55. The van der Waals surface area contributed by atoms with Crippen LogP contribution < -0.4 is 10.2 Å². The van der Waals surface area contributed by atoms with E-state index in [4.69, 9.17) is 10.00 Å². The molecule has 0 atom stereocenters. The first-order valence-electron chi connectivity index (χ1n) is 5.26. The third-order valence-corrected chi connectivity index (χ3v) is 1.97. The van der Waals surface area contributed by atoms with Crippen molar-refractivity contribution in [2.24, 2.45) is 5.10 Å². The zero-order chi connectivity index (χ0) is 13.4. The molecule has 1 N–H and O–H groups in total. The Morgan fingerprint density at radius 3 is 2.83 bits per heavy atom. The molecular formula is C12H13N3O3. The first kappa shape index (κ1) is 13.5. The van der Waals surface area contributed by atoms with Gasteiger partial charge >= 0.3 is 5.97 Å². The maximum Gasteiger partial charge on any atom is 0.369 e. The van der Waals surface area contributed by atoms with Gasteiger partial charge in [0.1, 0.15) is 11.8 Å².